The van der Waals surface area contributed by atoms with Crippen molar-refractivity contribution in [2.45, 2.75) is 31.7 Å². The summed E-state index contributed by atoms with van der Waals surface area (Å²) in [6, 6.07) is 1.85. The third kappa shape index (κ3) is 1.53. The van der Waals surface area contributed by atoms with E-state index in [1.54, 1.807) is 6.08 Å². The van der Waals surface area contributed by atoms with E-state index < -0.39 is 5.54 Å². The molecule has 0 aromatic heterocycles. The molecule has 1 fully saturated rings. The number of nitrogens with zero attached hydrogens (tertiary/aromatic N) is 1. The van der Waals surface area contributed by atoms with Gasteiger partial charge in [-0.1, -0.05) is 18.5 Å². The van der Waals surface area contributed by atoms with Crippen LogP contribution in [0, 0.1) is 0 Å². The largest absolute Gasteiger partial charge is 0.453 e. The molecule has 4 nitrogen and oxygen atoms in total. The van der Waals surface area contributed by atoms with Crippen molar-refractivity contribution in [3.8, 4) is 11.5 Å². The lowest BCUT2D eigenvalue weighted by atomic mass is 9.95. The lowest BCUT2D eigenvalue weighted by Gasteiger charge is -2.16. The van der Waals surface area contributed by atoms with Crippen LogP contribution < -0.4 is 9.47 Å². The van der Waals surface area contributed by atoms with Gasteiger partial charge in [-0.3, -0.25) is 0 Å². The van der Waals surface area contributed by atoms with Crippen molar-refractivity contribution in [2.75, 3.05) is 6.79 Å². The van der Waals surface area contributed by atoms with Gasteiger partial charge in [-0.15, -0.1) is 0 Å². The second kappa shape index (κ2) is 4.01. The van der Waals surface area contributed by atoms with E-state index in [0.29, 0.717) is 16.5 Å². The summed E-state index contributed by atoms with van der Waals surface area (Å²) in [5.74, 6) is 1.30. The van der Waals surface area contributed by atoms with Crippen LogP contribution in [0.25, 0.3) is 0 Å². The smallest absolute Gasteiger partial charge is 0.235 e. The molecule has 3 rings (SSSR count). The summed E-state index contributed by atoms with van der Waals surface area (Å²) in [5, 5.41) is 0.516. The molecule has 1 saturated carbocycles. The minimum atomic E-state index is -0.433. The van der Waals surface area contributed by atoms with Crippen LogP contribution in [-0.2, 0) is 16.8 Å². The van der Waals surface area contributed by atoms with Gasteiger partial charge in [-0.25, -0.2) is 4.79 Å². The maximum absolute atomic E-state index is 10.6. The zero-order chi connectivity index (χ0) is 12.8. The molecule has 0 unspecified atom stereocenters. The van der Waals surface area contributed by atoms with Crippen LogP contribution in [0.2, 0.25) is 5.02 Å². The Bertz CT molecular complexity index is 560. The minimum absolute atomic E-state index is 0.190. The van der Waals surface area contributed by atoms with Gasteiger partial charge in [0.15, 0.2) is 11.5 Å². The van der Waals surface area contributed by atoms with Gasteiger partial charge in [0, 0.05) is 5.56 Å². The molecule has 0 atom stereocenters. The summed E-state index contributed by atoms with van der Waals surface area (Å²) in [7, 11) is 0. The molecule has 0 amide bonds. The highest BCUT2D eigenvalue weighted by molar-refractivity contribution is 6.32. The minimum Gasteiger partial charge on any atom is -0.453 e. The molecular formula is C13H12ClNO3. The summed E-state index contributed by atoms with van der Waals surface area (Å²) in [6.45, 7) is 2.23. The van der Waals surface area contributed by atoms with Gasteiger partial charge in [0.25, 0.3) is 0 Å². The summed E-state index contributed by atoms with van der Waals surface area (Å²) in [4.78, 5) is 14.5. The number of fused-ring (bicyclic) bond motifs is 1. The Morgan fingerprint density at radius 3 is 2.78 bits per heavy atom. The lowest BCUT2D eigenvalue weighted by molar-refractivity contribution is 0.173. The fourth-order valence-electron chi connectivity index (χ4n) is 2.50. The zero-order valence-electron chi connectivity index (χ0n) is 9.96. The van der Waals surface area contributed by atoms with Gasteiger partial charge in [0.2, 0.25) is 12.9 Å². The molecule has 1 aromatic rings. The van der Waals surface area contributed by atoms with Crippen molar-refractivity contribution < 1.29 is 14.3 Å². The van der Waals surface area contributed by atoms with Crippen LogP contribution in [0.5, 0.6) is 11.5 Å². The summed E-state index contributed by atoms with van der Waals surface area (Å²) >= 11 is 6.19. The first kappa shape index (κ1) is 11.6. The predicted octanol–water partition coefficient (Wildman–Crippen LogP) is 2.96. The van der Waals surface area contributed by atoms with Crippen molar-refractivity contribution in [1.82, 2.24) is 0 Å². The molecule has 5 heteroatoms. The standard InChI is InChI=1S/C13H12ClNO3/c1-2-8-9(13(3-4-13)15-6-16)5-10(14)12-11(8)17-7-18-12/h5H,2-4,7H2,1H3. The van der Waals surface area contributed by atoms with E-state index in [9.17, 15) is 4.79 Å². The quantitative estimate of drug-likeness (QED) is 0.624. The van der Waals surface area contributed by atoms with Gasteiger partial charge >= 0.3 is 0 Å². The predicted molar refractivity (Wildman–Crippen MR) is 66.0 cm³/mol. The number of isocyanates is 1. The highest BCUT2D eigenvalue weighted by Crippen LogP contribution is 2.55. The van der Waals surface area contributed by atoms with Crippen LogP contribution in [0.4, 0.5) is 0 Å². The van der Waals surface area contributed by atoms with Crippen LogP contribution in [0.15, 0.2) is 11.1 Å². The number of aliphatic imine (C=N–C) groups is 1. The van der Waals surface area contributed by atoms with Crippen molar-refractivity contribution in [1.29, 1.82) is 0 Å². The highest BCUT2D eigenvalue weighted by atomic mass is 35.5. The molecule has 0 saturated heterocycles. The van der Waals surface area contributed by atoms with Crippen LogP contribution in [0.3, 0.4) is 0 Å². The van der Waals surface area contributed by atoms with Gasteiger partial charge < -0.3 is 9.47 Å². The van der Waals surface area contributed by atoms with Gasteiger partial charge in [-0.2, -0.15) is 4.99 Å². The first-order valence-electron chi connectivity index (χ1n) is 5.92. The Kier molecular flexibility index (Phi) is 2.58. The molecule has 1 aromatic carbocycles. The highest BCUT2D eigenvalue weighted by Gasteiger charge is 2.47. The third-order valence-corrected chi connectivity index (χ3v) is 3.82. The molecule has 94 valence electrons. The zero-order valence-corrected chi connectivity index (χ0v) is 10.7. The third-order valence-electron chi connectivity index (χ3n) is 3.54. The fourth-order valence-corrected chi connectivity index (χ4v) is 2.74. The molecule has 2 aliphatic rings. The maximum Gasteiger partial charge on any atom is 0.235 e. The number of ether oxygens (including phenoxy) is 2. The normalized spacial score (nSPS) is 18.3. The SMILES string of the molecule is CCc1c(C2(N=C=O)CC2)cc(Cl)c2c1OCO2. The van der Waals surface area contributed by atoms with E-state index in [4.69, 9.17) is 21.1 Å². The molecule has 1 heterocycles. The van der Waals surface area contributed by atoms with Crippen molar-refractivity contribution >= 4 is 17.7 Å². The average Bonchev–Trinajstić information content (AvgIpc) is 2.97. The molecule has 0 N–H and O–H groups in total. The van der Waals surface area contributed by atoms with E-state index in [-0.39, 0.29) is 6.79 Å². The Balaban J connectivity index is 2.21. The summed E-state index contributed by atoms with van der Waals surface area (Å²) in [6.07, 6.45) is 4.16. The van der Waals surface area contributed by atoms with E-state index in [2.05, 4.69) is 4.99 Å². The Morgan fingerprint density at radius 2 is 2.17 bits per heavy atom. The van der Waals surface area contributed by atoms with Gasteiger partial charge in [-0.05, 0) is 30.9 Å². The van der Waals surface area contributed by atoms with E-state index in [1.165, 1.54) is 0 Å². The number of hydrogen-bond acceptors (Lipinski definition) is 4. The topological polar surface area (TPSA) is 47.9 Å². The summed E-state index contributed by atoms with van der Waals surface area (Å²) < 4.78 is 10.9. The monoisotopic (exact) mass is 265 g/mol. The van der Waals surface area contributed by atoms with E-state index >= 15 is 0 Å². The maximum atomic E-state index is 10.6. The Morgan fingerprint density at radius 1 is 1.44 bits per heavy atom. The molecule has 1 aliphatic carbocycles. The van der Waals surface area contributed by atoms with Gasteiger partial charge in [0.1, 0.15) is 0 Å². The molecule has 0 radical (unpaired) electrons. The number of carbonyl (C=O) groups excluding carboxylic acids is 1. The molecule has 0 spiro atoms. The summed E-state index contributed by atoms with van der Waals surface area (Å²) in [5.41, 5.74) is 1.57. The molecule has 18 heavy (non-hydrogen) atoms. The first-order valence-corrected chi connectivity index (χ1v) is 6.30. The lowest BCUT2D eigenvalue weighted by Crippen LogP contribution is -2.07. The number of benzene rings is 1. The number of halogens is 1. The fraction of sp³-hybridized carbons (Fsp3) is 0.462. The average molecular weight is 266 g/mol. The number of hydrogen-bond donors (Lipinski definition) is 0. The molecule has 1 aliphatic heterocycles. The van der Waals surface area contributed by atoms with Crippen molar-refractivity contribution in [2.24, 2.45) is 4.99 Å². The van der Waals surface area contributed by atoms with Crippen LogP contribution in [-0.4, -0.2) is 12.9 Å². The Labute approximate surface area is 110 Å². The van der Waals surface area contributed by atoms with Gasteiger partial charge in [0.05, 0.1) is 10.6 Å². The second-order valence-electron chi connectivity index (χ2n) is 4.54. The first-order chi connectivity index (χ1) is 8.72. The van der Waals surface area contributed by atoms with Crippen molar-refractivity contribution in [3.05, 3.63) is 22.2 Å². The van der Waals surface area contributed by atoms with E-state index in [0.717, 1.165) is 30.4 Å². The van der Waals surface area contributed by atoms with Crippen LogP contribution >= 0.6 is 11.6 Å². The Hall–Kier alpha value is -1.51. The molecular weight excluding hydrogens is 254 g/mol. The van der Waals surface area contributed by atoms with Crippen molar-refractivity contribution in [3.63, 3.8) is 0 Å². The number of rotatable bonds is 3. The second-order valence-corrected chi connectivity index (χ2v) is 4.94. The van der Waals surface area contributed by atoms with E-state index in [1.807, 2.05) is 13.0 Å². The molecule has 0 bridgehead atoms. The van der Waals surface area contributed by atoms with Crippen LogP contribution in [0.1, 0.15) is 30.9 Å².